The first-order valence-corrected chi connectivity index (χ1v) is 6.16. The molecule has 0 spiro atoms. The first-order valence-electron chi connectivity index (χ1n) is 5.75. The number of anilines is 1. The van der Waals surface area contributed by atoms with Crippen LogP contribution in [0.15, 0.2) is 24.3 Å². The standard InChI is InChI=1S/C13H18N2S/c1-14(2)12-7-5-11(6-8-12)13(16)15-9-3-4-10-15/h5-8H,3-4,9-10H2,1-2H3. The highest BCUT2D eigenvalue weighted by molar-refractivity contribution is 7.80. The fourth-order valence-electron chi connectivity index (χ4n) is 2.00. The van der Waals surface area contributed by atoms with Crippen molar-refractivity contribution in [2.45, 2.75) is 12.8 Å². The zero-order chi connectivity index (χ0) is 11.5. The predicted molar refractivity (Wildman–Crippen MR) is 73.3 cm³/mol. The van der Waals surface area contributed by atoms with Crippen molar-refractivity contribution in [3.63, 3.8) is 0 Å². The van der Waals surface area contributed by atoms with Crippen LogP contribution in [0.3, 0.4) is 0 Å². The van der Waals surface area contributed by atoms with E-state index in [0.29, 0.717) is 0 Å². The van der Waals surface area contributed by atoms with Crippen molar-refractivity contribution in [1.29, 1.82) is 0 Å². The lowest BCUT2D eigenvalue weighted by Crippen LogP contribution is -2.26. The molecule has 0 amide bonds. The van der Waals surface area contributed by atoms with Gasteiger partial charge in [-0.05, 0) is 37.1 Å². The van der Waals surface area contributed by atoms with Crippen molar-refractivity contribution in [3.05, 3.63) is 29.8 Å². The molecule has 1 aliphatic rings. The lowest BCUT2D eigenvalue weighted by molar-refractivity contribution is 0.530. The monoisotopic (exact) mass is 234 g/mol. The summed E-state index contributed by atoms with van der Waals surface area (Å²) < 4.78 is 0. The molecule has 0 aromatic heterocycles. The first-order chi connectivity index (χ1) is 7.68. The van der Waals surface area contributed by atoms with Crippen LogP contribution in [0.5, 0.6) is 0 Å². The molecule has 0 atom stereocenters. The molecule has 3 heteroatoms. The molecule has 2 nitrogen and oxygen atoms in total. The van der Waals surface area contributed by atoms with Gasteiger partial charge in [0.1, 0.15) is 4.99 Å². The second-order valence-electron chi connectivity index (χ2n) is 4.44. The number of hydrogen-bond acceptors (Lipinski definition) is 2. The molecule has 0 N–H and O–H groups in total. The van der Waals surface area contributed by atoms with Crippen LogP contribution in [0.1, 0.15) is 18.4 Å². The van der Waals surface area contributed by atoms with Gasteiger partial charge >= 0.3 is 0 Å². The van der Waals surface area contributed by atoms with E-state index in [9.17, 15) is 0 Å². The maximum absolute atomic E-state index is 5.50. The van der Waals surface area contributed by atoms with Crippen LogP contribution in [0.25, 0.3) is 0 Å². The molecule has 1 aliphatic heterocycles. The van der Waals surface area contributed by atoms with E-state index in [1.807, 2.05) is 14.1 Å². The summed E-state index contributed by atoms with van der Waals surface area (Å²) in [7, 11) is 4.10. The summed E-state index contributed by atoms with van der Waals surface area (Å²) in [5, 5.41) is 0. The average molecular weight is 234 g/mol. The van der Waals surface area contributed by atoms with Crippen molar-refractivity contribution in [1.82, 2.24) is 4.90 Å². The van der Waals surface area contributed by atoms with Crippen molar-refractivity contribution >= 4 is 22.9 Å². The fourth-order valence-corrected chi connectivity index (χ4v) is 2.32. The van der Waals surface area contributed by atoms with Crippen LogP contribution in [0, 0.1) is 0 Å². The molecule has 1 heterocycles. The summed E-state index contributed by atoms with van der Waals surface area (Å²) in [5.74, 6) is 0. The molecule has 0 saturated carbocycles. The van der Waals surface area contributed by atoms with Crippen LogP contribution in [-0.4, -0.2) is 37.1 Å². The lowest BCUT2D eigenvalue weighted by Gasteiger charge is -2.19. The van der Waals surface area contributed by atoms with Crippen LogP contribution in [0.4, 0.5) is 5.69 Å². The number of likely N-dealkylation sites (tertiary alicyclic amines) is 1. The molecular formula is C13H18N2S. The minimum atomic E-state index is 1.00. The summed E-state index contributed by atoms with van der Waals surface area (Å²) in [5.41, 5.74) is 2.38. The van der Waals surface area contributed by atoms with E-state index >= 15 is 0 Å². The molecule has 86 valence electrons. The number of rotatable bonds is 2. The molecule has 0 unspecified atom stereocenters. The molecule has 0 bridgehead atoms. The Morgan fingerprint density at radius 2 is 1.69 bits per heavy atom. The third-order valence-corrected chi connectivity index (χ3v) is 3.52. The Kier molecular flexibility index (Phi) is 3.44. The van der Waals surface area contributed by atoms with Gasteiger partial charge in [0.2, 0.25) is 0 Å². The highest BCUT2D eigenvalue weighted by atomic mass is 32.1. The van der Waals surface area contributed by atoms with Gasteiger partial charge < -0.3 is 9.80 Å². The topological polar surface area (TPSA) is 6.48 Å². The zero-order valence-corrected chi connectivity index (χ0v) is 10.8. The molecule has 16 heavy (non-hydrogen) atoms. The second-order valence-corrected chi connectivity index (χ2v) is 4.83. The third kappa shape index (κ3) is 2.35. The summed E-state index contributed by atoms with van der Waals surface area (Å²) in [4.78, 5) is 5.41. The number of benzene rings is 1. The number of thiocarbonyl (C=S) groups is 1. The van der Waals surface area contributed by atoms with Gasteiger partial charge in [0, 0.05) is 38.4 Å². The molecule has 1 aromatic rings. The van der Waals surface area contributed by atoms with Gasteiger partial charge in [-0.25, -0.2) is 0 Å². The first kappa shape index (κ1) is 11.4. The Bertz CT molecular complexity index is 364. The molecule has 0 radical (unpaired) electrons. The Morgan fingerprint density at radius 1 is 1.12 bits per heavy atom. The van der Waals surface area contributed by atoms with Crippen molar-refractivity contribution in [3.8, 4) is 0 Å². The van der Waals surface area contributed by atoms with E-state index in [-0.39, 0.29) is 0 Å². The Hall–Kier alpha value is -1.09. The van der Waals surface area contributed by atoms with Crippen LogP contribution in [0.2, 0.25) is 0 Å². The summed E-state index contributed by atoms with van der Waals surface area (Å²) >= 11 is 5.50. The molecule has 1 aromatic carbocycles. The lowest BCUT2D eigenvalue weighted by atomic mass is 10.2. The Labute approximate surface area is 103 Å². The fraction of sp³-hybridized carbons (Fsp3) is 0.462. The molecular weight excluding hydrogens is 216 g/mol. The van der Waals surface area contributed by atoms with E-state index in [4.69, 9.17) is 12.2 Å². The molecule has 2 rings (SSSR count). The van der Waals surface area contributed by atoms with Crippen LogP contribution in [-0.2, 0) is 0 Å². The summed E-state index contributed by atoms with van der Waals surface area (Å²) in [6.45, 7) is 2.24. The number of hydrogen-bond donors (Lipinski definition) is 0. The normalized spacial score (nSPS) is 15.2. The second kappa shape index (κ2) is 4.83. The zero-order valence-electron chi connectivity index (χ0n) is 9.94. The molecule has 1 saturated heterocycles. The van der Waals surface area contributed by atoms with E-state index in [1.54, 1.807) is 0 Å². The minimum absolute atomic E-state index is 1.00. The maximum Gasteiger partial charge on any atom is 0.109 e. The van der Waals surface area contributed by atoms with Gasteiger partial charge in [0.05, 0.1) is 0 Å². The van der Waals surface area contributed by atoms with E-state index in [0.717, 1.165) is 18.1 Å². The van der Waals surface area contributed by atoms with Gasteiger partial charge in [-0.15, -0.1) is 0 Å². The quantitative estimate of drug-likeness (QED) is 0.726. The summed E-state index contributed by atoms with van der Waals surface area (Å²) in [6.07, 6.45) is 2.55. The predicted octanol–water partition coefficient (Wildman–Crippen LogP) is 2.52. The minimum Gasteiger partial charge on any atom is -0.378 e. The van der Waals surface area contributed by atoms with Gasteiger partial charge in [0.15, 0.2) is 0 Å². The van der Waals surface area contributed by atoms with Gasteiger partial charge in [-0.2, -0.15) is 0 Å². The molecule has 1 fully saturated rings. The molecule has 0 aliphatic carbocycles. The Balaban J connectivity index is 2.11. The average Bonchev–Trinajstić information content (AvgIpc) is 2.81. The smallest absolute Gasteiger partial charge is 0.109 e. The highest BCUT2D eigenvalue weighted by Crippen LogP contribution is 2.17. The summed E-state index contributed by atoms with van der Waals surface area (Å²) in [6, 6.07) is 8.49. The van der Waals surface area contributed by atoms with Crippen LogP contribution < -0.4 is 4.90 Å². The maximum atomic E-state index is 5.50. The van der Waals surface area contributed by atoms with E-state index in [1.165, 1.54) is 24.1 Å². The SMILES string of the molecule is CN(C)c1ccc(C(=S)N2CCCC2)cc1. The van der Waals surface area contributed by atoms with Gasteiger partial charge in [0.25, 0.3) is 0 Å². The van der Waals surface area contributed by atoms with Crippen LogP contribution >= 0.6 is 12.2 Å². The van der Waals surface area contributed by atoms with E-state index < -0.39 is 0 Å². The van der Waals surface area contributed by atoms with E-state index in [2.05, 4.69) is 34.1 Å². The largest absolute Gasteiger partial charge is 0.378 e. The highest BCUT2D eigenvalue weighted by Gasteiger charge is 2.15. The van der Waals surface area contributed by atoms with Gasteiger partial charge in [-0.1, -0.05) is 12.2 Å². The Morgan fingerprint density at radius 3 is 2.19 bits per heavy atom. The van der Waals surface area contributed by atoms with Gasteiger partial charge in [-0.3, -0.25) is 0 Å². The van der Waals surface area contributed by atoms with Crippen molar-refractivity contribution in [2.24, 2.45) is 0 Å². The van der Waals surface area contributed by atoms with Crippen molar-refractivity contribution in [2.75, 3.05) is 32.1 Å². The third-order valence-electron chi connectivity index (χ3n) is 3.02. The number of nitrogens with zero attached hydrogens (tertiary/aromatic N) is 2. The van der Waals surface area contributed by atoms with Crippen molar-refractivity contribution < 1.29 is 0 Å².